The molecule has 0 aromatic heterocycles. The first-order chi connectivity index (χ1) is 11.7. The molecule has 0 saturated carbocycles. The van der Waals surface area contributed by atoms with E-state index in [0.29, 0.717) is 26.8 Å². The Labute approximate surface area is 163 Å². The maximum Gasteiger partial charge on any atom is 0.340 e. The molecule has 0 bridgehead atoms. The molecule has 0 radical (unpaired) electrons. The number of nitrogens with one attached hydrogen (secondary N) is 1. The van der Waals surface area contributed by atoms with E-state index in [-0.39, 0.29) is 10.6 Å². The summed E-state index contributed by atoms with van der Waals surface area (Å²) in [6.45, 7) is 1.26. The number of aryl methyl sites for hydroxylation is 1. The van der Waals surface area contributed by atoms with Gasteiger partial charge in [-0.1, -0.05) is 11.6 Å². The first-order valence-electron chi connectivity index (χ1n) is 6.76. The summed E-state index contributed by atoms with van der Waals surface area (Å²) >= 11 is 12.3. The highest BCUT2D eigenvalue weighted by Crippen LogP contribution is 2.32. The van der Waals surface area contributed by atoms with Crippen molar-refractivity contribution in [3.8, 4) is 0 Å². The van der Waals surface area contributed by atoms with Gasteiger partial charge in [0, 0.05) is 8.95 Å². The highest BCUT2D eigenvalue weighted by molar-refractivity contribution is 9.11. The molecule has 1 N–H and O–H groups in total. The topological polar surface area (TPSA) is 55.4 Å². The lowest BCUT2D eigenvalue weighted by Crippen LogP contribution is -2.21. The fraction of sp³-hybridized carbons (Fsp3) is 0.125. The second-order valence-electron chi connectivity index (χ2n) is 4.97. The van der Waals surface area contributed by atoms with E-state index in [1.54, 1.807) is 12.1 Å². The number of rotatable bonds is 4. The van der Waals surface area contributed by atoms with E-state index < -0.39 is 30.1 Å². The first-order valence-corrected chi connectivity index (χ1v) is 8.72. The van der Waals surface area contributed by atoms with Gasteiger partial charge in [0.1, 0.15) is 0 Å². The van der Waals surface area contributed by atoms with Crippen molar-refractivity contribution < 1.29 is 23.1 Å². The number of ether oxygens (including phenoxy) is 1. The SMILES string of the molecule is Cc1cc(Br)c(NC(=O)COC(=O)c2cc(F)c(F)cc2Cl)c(Br)c1. The van der Waals surface area contributed by atoms with Crippen LogP contribution in [-0.4, -0.2) is 18.5 Å². The van der Waals surface area contributed by atoms with E-state index in [4.69, 9.17) is 16.3 Å². The minimum absolute atomic E-state index is 0.312. The van der Waals surface area contributed by atoms with Crippen LogP contribution in [0.15, 0.2) is 33.2 Å². The van der Waals surface area contributed by atoms with Crippen molar-refractivity contribution in [1.82, 2.24) is 0 Å². The van der Waals surface area contributed by atoms with Crippen molar-refractivity contribution >= 4 is 61.0 Å². The largest absolute Gasteiger partial charge is 0.452 e. The lowest BCUT2D eigenvalue weighted by atomic mass is 10.2. The lowest BCUT2D eigenvalue weighted by Gasteiger charge is -2.11. The zero-order valence-corrected chi connectivity index (χ0v) is 16.6. The molecular formula is C16H10Br2ClF2NO3. The molecule has 0 aliphatic carbocycles. The Morgan fingerprint density at radius 2 is 1.68 bits per heavy atom. The normalized spacial score (nSPS) is 10.5. The molecular weight excluding hydrogens is 487 g/mol. The summed E-state index contributed by atoms with van der Waals surface area (Å²) in [6, 6.07) is 4.88. The van der Waals surface area contributed by atoms with Crippen LogP contribution in [-0.2, 0) is 9.53 Å². The van der Waals surface area contributed by atoms with Crippen LogP contribution < -0.4 is 5.32 Å². The third-order valence-electron chi connectivity index (χ3n) is 3.02. The average molecular weight is 498 g/mol. The number of carbonyl (C=O) groups is 2. The summed E-state index contributed by atoms with van der Waals surface area (Å²) in [6.07, 6.45) is 0. The molecule has 0 aliphatic heterocycles. The predicted molar refractivity (Wildman–Crippen MR) is 96.9 cm³/mol. The third-order valence-corrected chi connectivity index (χ3v) is 4.58. The number of anilines is 1. The fourth-order valence-corrected chi connectivity index (χ4v) is 3.72. The van der Waals surface area contributed by atoms with Crippen molar-refractivity contribution in [3.05, 3.63) is 61.0 Å². The summed E-state index contributed by atoms with van der Waals surface area (Å²) in [5, 5.41) is 2.26. The van der Waals surface area contributed by atoms with Gasteiger partial charge in [-0.2, -0.15) is 0 Å². The van der Waals surface area contributed by atoms with Crippen LogP contribution in [0.1, 0.15) is 15.9 Å². The van der Waals surface area contributed by atoms with E-state index in [9.17, 15) is 18.4 Å². The van der Waals surface area contributed by atoms with Gasteiger partial charge in [0.05, 0.1) is 16.3 Å². The number of hydrogen-bond donors (Lipinski definition) is 1. The molecule has 2 rings (SSSR count). The van der Waals surface area contributed by atoms with E-state index in [1.807, 2.05) is 6.92 Å². The quantitative estimate of drug-likeness (QED) is 0.464. The molecule has 0 heterocycles. The van der Waals surface area contributed by atoms with Crippen molar-refractivity contribution in [2.45, 2.75) is 6.92 Å². The molecule has 132 valence electrons. The maximum absolute atomic E-state index is 13.2. The zero-order chi connectivity index (χ0) is 18.7. The Balaban J connectivity index is 2.03. The molecule has 0 atom stereocenters. The Hall–Kier alpha value is -1.51. The first kappa shape index (κ1) is 19.8. The van der Waals surface area contributed by atoms with E-state index in [0.717, 1.165) is 5.56 Å². The number of carbonyl (C=O) groups excluding carboxylic acids is 2. The second-order valence-corrected chi connectivity index (χ2v) is 7.09. The number of benzene rings is 2. The highest BCUT2D eigenvalue weighted by atomic mass is 79.9. The summed E-state index contributed by atoms with van der Waals surface area (Å²) in [4.78, 5) is 23.8. The van der Waals surface area contributed by atoms with Crippen molar-refractivity contribution in [3.63, 3.8) is 0 Å². The number of halogens is 5. The van der Waals surface area contributed by atoms with Gasteiger partial charge in [0.15, 0.2) is 18.2 Å². The number of esters is 1. The average Bonchev–Trinajstić information content (AvgIpc) is 2.52. The van der Waals surface area contributed by atoms with Crippen LogP contribution in [0.3, 0.4) is 0 Å². The van der Waals surface area contributed by atoms with E-state index in [1.165, 1.54) is 0 Å². The lowest BCUT2D eigenvalue weighted by molar-refractivity contribution is -0.119. The summed E-state index contributed by atoms with van der Waals surface area (Å²) in [5.74, 6) is -4.08. The molecule has 0 fully saturated rings. The van der Waals surface area contributed by atoms with Gasteiger partial charge in [-0.3, -0.25) is 4.79 Å². The Kier molecular flexibility index (Phi) is 6.53. The van der Waals surface area contributed by atoms with Crippen LogP contribution >= 0.6 is 43.5 Å². The van der Waals surface area contributed by atoms with Gasteiger partial charge >= 0.3 is 5.97 Å². The minimum atomic E-state index is -1.24. The summed E-state index contributed by atoms with van der Waals surface area (Å²) in [7, 11) is 0. The summed E-state index contributed by atoms with van der Waals surface area (Å²) < 4.78 is 32.3. The molecule has 9 heteroatoms. The van der Waals surface area contributed by atoms with Crippen LogP contribution in [0, 0.1) is 18.6 Å². The fourth-order valence-electron chi connectivity index (χ4n) is 1.88. The molecule has 4 nitrogen and oxygen atoms in total. The van der Waals surface area contributed by atoms with Crippen molar-refractivity contribution in [2.75, 3.05) is 11.9 Å². The van der Waals surface area contributed by atoms with Crippen LogP contribution in [0.2, 0.25) is 5.02 Å². The van der Waals surface area contributed by atoms with Gasteiger partial charge < -0.3 is 10.1 Å². The summed E-state index contributed by atoms with van der Waals surface area (Å²) in [5.41, 5.74) is 1.07. The highest BCUT2D eigenvalue weighted by Gasteiger charge is 2.18. The molecule has 0 spiro atoms. The molecule has 1 amide bonds. The Bertz CT molecular complexity index is 839. The molecule has 2 aromatic rings. The zero-order valence-electron chi connectivity index (χ0n) is 12.6. The smallest absolute Gasteiger partial charge is 0.340 e. The third kappa shape index (κ3) is 4.99. The molecule has 25 heavy (non-hydrogen) atoms. The molecule has 0 unspecified atom stereocenters. The molecule has 0 saturated heterocycles. The Morgan fingerprint density at radius 3 is 2.28 bits per heavy atom. The monoisotopic (exact) mass is 495 g/mol. The number of hydrogen-bond acceptors (Lipinski definition) is 3. The van der Waals surface area contributed by atoms with Crippen molar-refractivity contribution in [1.29, 1.82) is 0 Å². The van der Waals surface area contributed by atoms with E-state index in [2.05, 4.69) is 37.2 Å². The van der Waals surface area contributed by atoms with Gasteiger partial charge in [-0.05, 0) is 68.6 Å². The van der Waals surface area contributed by atoms with Crippen LogP contribution in [0.5, 0.6) is 0 Å². The van der Waals surface area contributed by atoms with Gasteiger partial charge in [0.2, 0.25) is 0 Å². The van der Waals surface area contributed by atoms with Crippen LogP contribution in [0.4, 0.5) is 14.5 Å². The van der Waals surface area contributed by atoms with E-state index >= 15 is 0 Å². The standard InChI is InChI=1S/C16H10Br2ClF2NO3/c1-7-2-9(17)15(10(18)3-7)22-14(23)6-25-16(24)8-4-12(20)13(21)5-11(8)19/h2-5H,6H2,1H3,(H,22,23). The van der Waals surface area contributed by atoms with Crippen LogP contribution in [0.25, 0.3) is 0 Å². The second kappa shape index (κ2) is 8.25. The molecule has 2 aromatic carbocycles. The predicted octanol–water partition coefficient (Wildman–Crippen LogP) is 5.25. The van der Waals surface area contributed by atoms with Crippen molar-refractivity contribution in [2.24, 2.45) is 0 Å². The van der Waals surface area contributed by atoms with Gasteiger partial charge in [-0.25, -0.2) is 13.6 Å². The Morgan fingerprint density at radius 1 is 1.12 bits per heavy atom. The maximum atomic E-state index is 13.2. The van der Waals surface area contributed by atoms with Gasteiger partial charge in [-0.15, -0.1) is 0 Å². The minimum Gasteiger partial charge on any atom is -0.452 e. The van der Waals surface area contributed by atoms with Gasteiger partial charge in [0.25, 0.3) is 5.91 Å². The molecule has 0 aliphatic rings. The number of amides is 1.